The molecule has 0 amide bonds. The van der Waals surface area contributed by atoms with Crippen LogP contribution in [0.5, 0.6) is 0 Å². The summed E-state index contributed by atoms with van der Waals surface area (Å²) in [5.41, 5.74) is 3.15. The van der Waals surface area contributed by atoms with E-state index >= 15 is 0 Å². The van der Waals surface area contributed by atoms with Crippen molar-refractivity contribution in [2.24, 2.45) is 0 Å². The number of benzene rings is 2. The Bertz CT molecular complexity index is 717. The van der Waals surface area contributed by atoms with E-state index in [1.807, 2.05) is 18.2 Å². The van der Waals surface area contributed by atoms with Gasteiger partial charge in [0.15, 0.2) is 0 Å². The van der Waals surface area contributed by atoms with Crippen LogP contribution in [0, 0.1) is 0 Å². The van der Waals surface area contributed by atoms with E-state index in [2.05, 4.69) is 53.2 Å². The van der Waals surface area contributed by atoms with Crippen LogP contribution in [0.3, 0.4) is 0 Å². The molecular weight excluding hydrogens is 234 g/mol. The number of hydrogen-bond donors (Lipinski definition) is 0. The van der Waals surface area contributed by atoms with Crippen LogP contribution in [0.25, 0.3) is 21.8 Å². The Balaban J connectivity index is 2.28. The van der Waals surface area contributed by atoms with Crippen LogP contribution < -0.4 is 4.90 Å². The van der Waals surface area contributed by atoms with Gasteiger partial charge in [-0.05, 0) is 38.1 Å². The molecule has 0 fully saturated rings. The maximum absolute atomic E-state index is 4.29. The molecule has 3 heteroatoms. The molecule has 0 radical (unpaired) electrons. The fourth-order valence-electron chi connectivity index (χ4n) is 2.51. The lowest BCUT2D eigenvalue weighted by Crippen LogP contribution is -2.21. The van der Waals surface area contributed by atoms with Gasteiger partial charge in [0.1, 0.15) is 0 Å². The Morgan fingerprint density at radius 3 is 2.26 bits per heavy atom. The van der Waals surface area contributed by atoms with E-state index in [1.54, 1.807) is 0 Å². The highest BCUT2D eigenvalue weighted by Crippen LogP contribution is 2.26. The molecule has 1 aromatic heterocycles. The number of rotatable bonds is 3. The lowest BCUT2D eigenvalue weighted by Gasteiger charge is -2.21. The Kier molecular flexibility index (Phi) is 3.03. The van der Waals surface area contributed by atoms with Gasteiger partial charge < -0.3 is 4.90 Å². The van der Waals surface area contributed by atoms with Gasteiger partial charge in [0.05, 0.1) is 11.0 Å². The van der Waals surface area contributed by atoms with Gasteiger partial charge in [-0.2, -0.15) is 0 Å². The molecule has 96 valence electrons. The van der Waals surface area contributed by atoms with Crippen molar-refractivity contribution in [2.45, 2.75) is 13.8 Å². The van der Waals surface area contributed by atoms with Gasteiger partial charge >= 0.3 is 0 Å². The molecule has 3 nitrogen and oxygen atoms in total. The minimum absolute atomic E-state index is 0.951. The molecule has 19 heavy (non-hydrogen) atoms. The zero-order valence-electron chi connectivity index (χ0n) is 11.3. The third-order valence-corrected chi connectivity index (χ3v) is 3.57. The minimum Gasteiger partial charge on any atom is -0.372 e. The second-order valence-electron chi connectivity index (χ2n) is 4.59. The summed E-state index contributed by atoms with van der Waals surface area (Å²) in [6, 6.07) is 14.6. The summed E-state index contributed by atoms with van der Waals surface area (Å²) in [7, 11) is 0. The fraction of sp³-hybridized carbons (Fsp3) is 0.250. The lowest BCUT2D eigenvalue weighted by atomic mass is 10.1. The molecule has 2 aromatic carbocycles. The first-order valence-corrected chi connectivity index (χ1v) is 6.73. The van der Waals surface area contributed by atoms with Gasteiger partial charge in [0.25, 0.3) is 0 Å². The predicted octanol–water partition coefficient (Wildman–Crippen LogP) is 3.63. The summed E-state index contributed by atoms with van der Waals surface area (Å²) in [6.45, 7) is 6.38. The van der Waals surface area contributed by atoms with Crippen LogP contribution >= 0.6 is 0 Å². The molecule has 1 heterocycles. The maximum Gasteiger partial charge on any atom is 0.0937 e. The quantitative estimate of drug-likeness (QED) is 0.666. The van der Waals surface area contributed by atoms with Crippen molar-refractivity contribution in [3.05, 3.63) is 42.5 Å². The number of fused-ring (bicyclic) bond motifs is 3. The summed E-state index contributed by atoms with van der Waals surface area (Å²) in [4.78, 5) is 2.34. The van der Waals surface area contributed by atoms with Crippen molar-refractivity contribution in [1.29, 1.82) is 0 Å². The average Bonchev–Trinajstić information content (AvgIpc) is 2.48. The standard InChI is InChI=1S/C16H17N3/c1-3-19(4-2)12-9-10-16-14(11-12)13-7-5-6-8-15(13)17-18-16/h5-11H,3-4H2,1-2H3. The molecule has 0 aliphatic heterocycles. The minimum atomic E-state index is 0.951. The number of nitrogens with zero attached hydrogens (tertiary/aromatic N) is 3. The van der Waals surface area contributed by atoms with Crippen molar-refractivity contribution in [3.63, 3.8) is 0 Å². The Morgan fingerprint density at radius 2 is 1.53 bits per heavy atom. The predicted molar refractivity (Wildman–Crippen MR) is 80.6 cm³/mol. The van der Waals surface area contributed by atoms with Gasteiger partial charge in [0.2, 0.25) is 0 Å². The smallest absolute Gasteiger partial charge is 0.0937 e. The number of aromatic nitrogens is 2. The topological polar surface area (TPSA) is 29.0 Å². The van der Waals surface area contributed by atoms with Crippen LogP contribution in [0.4, 0.5) is 5.69 Å². The van der Waals surface area contributed by atoms with E-state index in [0.717, 1.165) is 24.1 Å². The molecule has 0 atom stereocenters. The Labute approximate surface area is 112 Å². The highest BCUT2D eigenvalue weighted by Gasteiger charge is 2.06. The summed E-state index contributed by atoms with van der Waals surface area (Å²) in [5.74, 6) is 0. The first kappa shape index (κ1) is 11.9. The summed E-state index contributed by atoms with van der Waals surface area (Å²) in [6.07, 6.45) is 0. The first-order valence-electron chi connectivity index (χ1n) is 6.73. The van der Waals surface area contributed by atoms with Crippen molar-refractivity contribution in [1.82, 2.24) is 10.2 Å². The number of hydrogen-bond acceptors (Lipinski definition) is 3. The molecule has 3 aromatic rings. The van der Waals surface area contributed by atoms with E-state index < -0.39 is 0 Å². The van der Waals surface area contributed by atoms with Crippen molar-refractivity contribution < 1.29 is 0 Å². The molecule has 3 rings (SSSR count). The zero-order valence-corrected chi connectivity index (χ0v) is 11.3. The van der Waals surface area contributed by atoms with E-state index in [-0.39, 0.29) is 0 Å². The van der Waals surface area contributed by atoms with Crippen LogP contribution in [0.15, 0.2) is 42.5 Å². The van der Waals surface area contributed by atoms with Gasteiger partial charge in [-0.3, -0.25) is 0 Å². The van der Waals surface area contributed by atoms with Crippen molar-refractivity contribution in [3.8, 4) is 0 Å². The van der Waals surface area contributed by atoms with Gasteiger partial charge in [0, 0.05) is 29.5 Å². The highest BCUT2D eigenvalue weighted by molar-refractivity contribution is 6.04. The van der Waals surface area contributed by atoms with Gasteiger partial charge in [-0.1, -0.05) is 18.2 Å². The molecule has 0 bridgehead atoms. The van der Waals surface area contributed by atoms with E-state index in [0.29, 0.717) is 0 Å². The highest BCUT2D eigenvalue weighted by atomic mass is 15.1. The molecular formula is C16H17N3. The third kappa shape index (κ3) is 2.01. The SMILES string of the molecule is CCN(CC)c1ccc2nnc3ccccc3c2c1. The molecule has 0 N–H and O–H groups in total. The molecule has 0 saturated heterocycles. The molecule has 0 aliphatic rings. The third-order valence-electron chi connectivity index (χ3n) is 3.57. The maximum atomic E-state index is 4.29. The van der Waals surface area contributed by atoms with Crippen LogP contribution in [0.1, 0.15) is 13.8 Å². The number of anilines is 1. The second-order valence-corrected chi connectivity index (χ2v) is 4.59. The van der Waals surface area contributed by atoms with Crippen LogP contribution in [0.2, 0.25) is 0 Å². The van der Waals surface area contributed by atoms with Crippen molar-refractivity contribution in [2.75, 3.05) is 18.0 Å². The molecule has 0 aliphatic carbocycles. The first-order chi connectivity index (χ1) is 9.33. The van der Waals surface area contributed by atoms with Gasteiger partial charge in [-0.15, -0.1) is 10.2 Å². The monoisotopic (exact) mass is 251 g/mol. The molecule has 0 saturated carbocycles. The normalized spacial score (nSPS) is 11.1. The zero-order chi connectivity index (χ0) is 13.2. The Morgan fingerprint density at radius 1 is 0.842 bits per heavy atom. The summed E-state index contributed by atoms with van der Waals surface area (Å²) >= 11 is 0. The fourth-order valence-corrected chi connectivity index (χ4v) is 2.51. The largest absolute Gasteiger partial charge is 0.372 e. The second kappa shape index (κ2) is 4.84. The van der Waals surface area contributed by atoms with Crippen molar-refractivity contribution >= 4 is 27.5 Å². The Hall–Kier alpha value is -2.16. The van der Waals surface area contributed by atoms with E-state index in [9.17, 15) is 0 Å². The summed E-state index contributed by atoms with van der Waals surface area (Å²) < 4.78 is 0. The van der Waals surface area contributed by atoms with Gasteiger partial charge in [-0.25, -0.2) is 0 Å². The van der Waals surface area contributed by atoms with E-state index in [4.69, 9.17) is 0 Å². The van der Waals surface area contributed by atoms with E-state index in [1.165, 1.54) is 16.5 Å². The molecule has 0 spiro atoms. The lowest BCUT2D eigenvalue weighted by molar-refractivity contribution is 0.867. The van der Waals surface area contributed by atoms with Crippen LogP contribution in [-0.4, -0.2) is 23.3 Å². The average molecular weight is 251 g/mol. The van der Waals surface area contributed by atoms with Crippen LogP contribution in [-0.2, 0) is 0 Å². The summed E-state index contributed by atoms with van der Waals surface area (Å²) in [5, 5.41) is 10.9. The molecule has 0 unspecified atom stereocenters.